The van der Waals surface area contributed by atoms with E-state index in [1.165, 1.54) is 49.4 Å². The Bertz CT molecular complexity index is 1040. The number of alkyl halides is 5. The molecule has 0 unspecified atom stereocenters. The number of amides is 1. The number of oxazole rings is 1. The number of rotatable bonds is 4. The van der Waals surface area contributed by atoms with Crippen molar-refractivity contribution in [2.75, 3.05) is 5.32 Å². The molecule has 0 aliphatic carbocycles. The third-order valence-corrected chi connectivity index (χ3v) is 3.96. The number of hydrogen-bond acceptors (Lipinski definition) is 3. The van der Waals surface area contributed by atoms with Gasteiger partial charge in [-0.2, -0.15) is 22.0 Å². The minimum Gasteiger partial charge on any atom is -0.440 e. The molecule has 0 saturated heterocycles. The van der Waals surface area contributed by atoms with E-state index in [0.717, 1.165) is 6.07 Å². The van der Waals surface area contributed by atoms with Crippen molar-refractivity contribution in [1.29, 1.82) is 0 Å². The first-order valence-corrected chi connectivity index (χ1v) is 8.09. The van der Waals surface area contributed by atoms with Crippen molar-refractivity contribution >= 4 is 11.6 Å². The molecule has 0 aliphatic heterocycles. The van der Waals surface area contributed by atoms with Crippen LogP contribution in [-0.4, -0.2) is 17.1 Å². The lowest BCUT2D eigenvalue weighted by Crippen LogP contribution is -2.33. The van der Waals surface area contributed by atoms with Crippen LogP contribution in [0.25, 0.3) is 11.3 Å². The summed E-state index contributed by atoms with van der Waals surface area (Å²) >= 11 is 0. The van der Waals surface area contributed by atoms with Gasteiger partial charge in [0.2, 0.25) is 0 Å². The molecule has 152 valence electrons. The van der Waals surface area contributed by atoms with Crippen LogP contribution >= 0.6 is 0 Å². The van der Waals surface area contributed by atoms with Gasteiger partial charge in [0.1, 0.15) is 17.3 Å². The van der Waals surface area contributed by atoms with Gasteiger partial charge in [-0.15, -0.1) is 0 Å². The van der Waals surface area contributed by atoms with Crippen molar-refractivity contribution in [1.82, 2.24) is 4.98 Å². The van der Waals surface area contributed by atoms with E-state index in [9.17, 15) is 31.1 Å². The highest BCUT2D eigenvalue weighted by atomic mass is 19.4. The Morgan fingerprint density at radius 3 is 2.21 bits per heavy atom. The summed E-state index contributed by atoms with van der Waals surface area (Å²) in [5.41, 5.74) is 0.0715. The van der Waals surface area contributed by atoms with Crippen molar-refractivity contribution in [2.24, 2.45) is 0 Å². The zero-order chi connectivity index (χ0) is 21.4. The number of nitrogens with zero attached hydrogens (tertiary/aromatic N) is 1. The smallest absolute Gasteiger partial charge is 0.440 e. The van der Waals surface area contributed by atoms with Crippen LogP contribution in [0, 0.1) is 12.7 Å². The highest BCUT2D eigenvalue weighted by molar-refractivity contribution is 6.04. The van der Waals surface area contributed by atoms with Crippen molar-refractivity contribution in [3.8, 4) is 11.3 Å². The number of nitrogens with one attached hydrogen (secondary N) is 1. The second-order valence-corrected chi connectivity index (χ2v) is 6.01. The van der Waals surface area contributed by atoms with Gasteiger partial charge in [-0.05, 0) is 31.2 Å². The van der Waals surface area contributed by atoms with Crippen LogP contribution in [0.5, 0.6) is 0 Å². The third kappa shape index (κ3) is 3.96. The predicted octanol–water partition coefficient (Wildman–Crippen LogP) is 5.70. The molecule has 3 aromatic rings. The maximum Gasteiger partial charge on any atom is 0.463 e. The predicted molar refractivity (Wildman–Crippen MR) is 91.0 cm³/mol. The summed E-state index contributed by atoms with van der Waals surface area (Å²) in [5, 5.41) is 2.45. The second-order valence-electron chi connectivity index (χ2n) is 6.01. The van der Waals surface area contributed by atoms with Crippen molar-refractivity contribution < 1.29 is 35.6 Å². The average molecular weight is 414 g/mol. The summed E-state index contributed by atoms with van der Waals surface area (Å²) in [7, 11) is 0. The number of anilines is 1. The molecule has 3 rings (SSSR count). The number of benzene rings is 2. The summed E-state index contributed by atoms with van der Waals surface area (Å²) in [6.45, 7) is 1.20. The topological polar surface area (TPSA) is 55.1 Å². The zero-order valence-electron chi connectivity index (χ0n) is 14.7. The molecule has 1 N–H and O–H groups in total. The van der Waals surface area contributed by atoms with E-state index in [2.05, 4.69) is 14.7 Å². The number of aromatic nitrogens is 1. The molecular weight excluding hydrogens is 402 g/mol. The van der Waals surface area contributed by atoms with Crippen molar-refractivity contribution in [3.05, 3.63) is 71.6 Å². The van der Waals surface area contributed by atoms with Gasteiger partial charge in [-0.1, -0.05) is 24.3 Å². The van der Waals surface area contributed by atoms with Crippen molar-refractivity contribution in [2.45, 2.75) is 19.0 Å². The van der Waals surface area contributed by atoms with Gasteiger partial charge in [0.15, 0.2) is 0 Å². The number of aryl methyl sites for hydroxylation is 1. The van der Waals surface area contributed by atoms with Gasteiger partial charge in [-0.25, -0.2) is 9.37 Å². The van der Waals surface area contributed by atoms with Gasteiger partial charge in [0.05, 0.1) is 5.56 Å². The van der Waals surface area contributed by atoms with Gasteiger partial charge in [-0.3, -0.25) is 4.79 Å². The van der Waals surface area contributed by atoms with Crippen LogP contribution in [0.3, 0.4) is 0 Å². The minimum absolute atomic E-state index is 0.178. The highest BCUT2D eigenvalue weighted by Gasteiger charge is 2.62. The normalized spacial score (nSPS) is 12.1. The highest BCUT2D eigenvalue weighted by Crippen LogP contribution is 2.44. The first kappa shape index (κ1) is 20.4. The average Bonchev–Trinajstić information content (AvgIpc) is 3.04. The molecule has 1 amide bonds. The Morgan fingerprint density at radius 2 is 1.62 bits per heavy atom. The number of hydrogen-bond donors (Lipinski definition) is 1. The van der Waals surface area contributed by atoms with E-state index in [4.69, 9.17) is 0 Å². The molecule has 29 heavy (non-hydrogen) atoms. The monoisotopic (exact) mass is 414 g/mol. The number of halogens is 6. The summed E-state index contributed by atoms with van der Waals surface area (Å²) in [4.78, 5) is 15.4. The molecular formula is C19H12F6N2O2. The van der Waals surface area contributed by atoms with E-state index >= 15 is 0 Å². The molecule has 0 spiro atoms. The van der Waals surface area contributed by atoms with Crippen LogP contribution in [0.15, 0.2) is 52.9 Å². The van der Waals surface area contributed by atoms with Crippen molar-refractivity contribution in [3.63, 3.8) is 0 Å². The largest absolute Gasteiger partial charge is 0.463 e. The van der Waals surface area contributed by atoms with E-state index in [1.54, 1.807) is 0 Å². The Balaban J connectivity index is 1.83. The van der Waals surface area contributed by atoms with Gasteiger partial charge >= 0.3 is 12.1 Å². The molecule has 0 aliphatic rings. The molecule has 2 aromatic carbocycles. The Labute approximate surface area is 160 Å². The molecule has 0 radical (unpaired) electrons. The summed E-state index contributed by atoms with van der Waals surface area (Å²) < 4.78 is 82.5. The molecule has 0 atom stereocenters. The lowest BCUT2D eigenvalue weighted by atomic mass is 10.1. The molecule has 0 bridgehead atoms. The molecule has 10 heteroatoms. The van der Waals surface area contributed by atoms with Crippen LogP contribution in [-0.2, 0) is 5.92 Å². The fraction of sp³-hybridized carbons (Fsp3) is 0.158. The molecule has 0 fully saturated rings. The van der Waals surface area contributed by atoms with Gasteiger partial charge in [0, 0.05) is 11.3 Å². The van der Waals surface area contributed by atoms with Crippen LogP contribution < -0.4 is 5.32 Å². The van der Waals surface area contributed by atoms with Crippen LogP contribution in [0.4, 0.5) is 32.0 Å². The summed E-state index contributed by atoms with van der Waals surface area (Å²) in [6, 6.07) is 10.8. The first-order valence-electron chi connectivity index (χ1n) is 8.09. The van der Waals surface area contributed by atoms with Crippen LogP contribution in [0.2, 0.25) is 0 Å². The van der Waals surface area contributed by atoms with Gasteiger partial charge < -0.3 is 9.73 Å². The maximum absolute atomic E-state index is 13.6. The molecule has 1 heterocycles. The fourth-order valence-electron chi connectivity index (χ4n) is 2.48. The van der Waals surface area contributed by atoms with E-state index in [-0.39, 0.29) is 28.3 Å². The lowest BCUT2D eigenvalue weighted by molar-refractivity contribution is -0.297. The molecule has 1 aromatic heterocycles. The second kappa shape index (κ2) is 7.26. The Kier molecular flexibility index (Phi) is 5.12. The standard InChI is InChI=1S/C19H12F6N2O2/c1-10-15(27-17(29-10)18(21,22)19(23,24)25)11-6-8-12(9-7-11)26-16(28)13-4-2-3-5-14(13)20/h2-9H,1H3,(H,26,28). The molecule has 4 nitrogen and oxygen atoms in total. The fourth-order valence-corrected chi connectivity index (χ4v) is 2.48. The quantitative estimate of drug-likeness (QED) is 0.558. The Morgan fingerprint density at radius 1 is 1.00 bits per heavy atom. The number of carbonyl (C=O) groups is 1. The van der Waals surface area contributed by atoms with E-state index in [1.807, 2.05) is 0 Å². The number of carbonyl (C=O) groups excluding carboxylic acids is 1. The minimum atomic E-state index is -5.84. The summed E-state index contributed by atoms with van der Waals surface area (Å²) in [6.07, 6.45) is -5.84. The SMILES string of the molecule is Cc1oc(C(F)(F)C(F)(F)F)nc1-c1ccc(NC(=O)c2ccccc2F)cc1. The molecule has 0 saturated carbocycles. The zero-order valence-corrected chi connectivity index (χ0v) is 14.7. The Hall–Kier alpha value is -3.30. The lowest BCUT2D eigenvalue weighted by Gasteiger charge is -2.15. The summed E-state index contributed by atoms with van der Waals surface area (Å²) in [5.74, 6) is -8.64. The first-order chi connectivity index (χ1) is 13.5. The maximum atomic E-state index is 13.6. The van der Waals surface area contributed by atoms with E-state index < -0.39 is 29.7 Å². The third-order valence-electron chi connectivity index (χ3n) is 3.96. The van der Waals surface area contributed by atoms with Crippen LogP contribution in [0.1, 0.15) is 22.0 Å². The van der Waals surface area contributed by atoms with E-state index in [0.29, 0.717) is 0 Å². The van der Waals surface area contributed by atoms with Gasteiger partial charge in [0.25, 0.3) is 11.8 Å².